The van der Waals surface area contributed by atoms with Gasteiger partial charge in [0.1, 0.15) is 0 Å². The minimum Gasteiger partial charge on any atom is -0.353 e. The Balaban J connectivity index is 1.19. The highest BCUT2D eigenvalue weighted by atomic mass is 19.3. The number of alkyl halides is 2. The van der Waals surface area contributed by atoms with Crippen molar-refractivity contribution in [3.63, 3.8) is 0 Å². The summed E-state index contributed by atoms with van der Waals surface area (Å²) in [6.07, 6.45) is 3.48. The van der Waals surface area contributed by atoms with Crippen LogP contribution in [-0.2, 0) is 5.92 Å². The van der Waals surface area contributed by atoms with Crippen molar-refractivity contribution in [3.05, 3.63) is 121 Å². The molecule has 0 amide bonds. The van der Waals surface area contributed by atoms with E-state index in [1.807, 2.05) is 72.8 Å². The van der Waals surface area contributed by atoms with Gasteiger partial charge in [-0.05, 0) is 47.5 Å². The van der Waals surface area contributed by atoms with Crippen LogP contribution in [-0.4, -0.2) is 19.9 Å². The number of nitrogens with zero attached hydrogens (tertiary/aromatic N) is 2. The van der Waals surface area contributed by atoms with Crippen molar-refractivity contribution in [2.75, 3.05) is 0 Å². The Kier molecular flexibility index (Phi) is 4.30. The standard InChI is InChI=1S/C35H20F2N4/c36-35(37)27-17-19(31-33-25(13-15-38-31)23-5-1-3-7-29(23)40-33)9-11-21(27)22-12-10-20(18-28(22)35)32-34-26(14-16-39-32)24-6-2-4-8-30(24)41-34/h1-18,40-41H. The molecule has 0 aliphatic heterocycles. The highest BCUT2D eigenvalue weighted by molar-refractivity contribution is 6.12. The Bertz CT molecular complexity index is 2200. The molecule has 194 valence electrons. The van der Waals surface area contributed by atoms with E-state index in [-0.39, 0.29) is 11.1 Å². The van der Waals surface area contributed by atoms with Gasteiger partial charge in [-0.2, -0.15) is 8.78 Å². The fourth-order valence-corrected chi connectivity index (χ4v) is 6.50. The van der Waals surface area contributed by atoms with Gasteiger partial charge >= 0.3 is 0 Å². The molecule has 0 fully saturated rings. The van der Waals surface area contributed by atoms with E-state index in [0.717, 1.165) is 43.6 Å². The minimum absolute atomic E-state index is 0.00570. The van der Waals surface area contributed by atoms with Crippen LogP contribution in [0, 0.1) is 0 Å². The van der Waals surface area contributed by atoms with Crippen molar-refractivity contribution in [1.29, 1.82) is 0 Å². The first-order chi connectivity index (χ1) is 20.1. The molecule has 9 rings (SSSR count). The second-order valence-electron chi connectivity index (χ2n) is 10.6. The number of hydrogen-bond donors (Lipinski definition) is 2. The van der Waals surface area contributed by atoms with E-state index in [0.29, 0.717) is 33.6 Å². The summed E-state index contributed by atoms with van der Waals surface area (Å²) in [4.78, 5) is 16.1. The Morgan fingerprint density at radius 2 is 0.976 bits per heavy atom. The fraction of sp³-hybridized carbons (Fsp3) is 0.0286. The summed E-state index contributed by atoms with van der Waals surface area (Å²) in [7, 11) is 0. The summed E-state index contributed by atoms with van der Waals surface area (Å²) in [5.41, 5.74) is 7.34. The molecule has 0 saturated heterocycles. The molecule has 4 heterocycles. The van der Waals surface area contributed by atoms with Crippen LogP contribution in [0.1, 0.15) is 11.1 Å². The number of aromatic nitrogens is 4. The molecule has 8 aromatic rings. The maximum Gasteiger partial charge on any atom is 0.299 e. The molecule has 4 nitrogen and oxygen atoms in total. The maximum absolute atomic E-state index is 16.2. The maximum atomic E-state index is 16.2. The third-order valence-corrected chi connectivity index (χ3v) is 8.41. The summed E-state index contributed by atoms with van der Waals surface area (Å²) in [6, 6.07) is 30.5. The molecule has 1 aliphatic carbocycles. The largest absolute Gasteiger partial charge is 0.353 e. The van der Waals surface area contributed by atoms with Crippen molar-refractivity contribution in [3.8, 4) is 33.6 Å². The quantitative estimate of drug-likeness (QED) is 0.232. The van der Waals surface area contributed by atoms with E-state index in [2.05, 4.69) is 19.9 Å². The number of H-pyrrole nitrogens is 2. The molecule has 41 heavy (non-hydrogen) atoms. The second kappa shape index (κ2) is 7.86. The fourth-order valence-electron chi connectivity index (χ4n) is 6.50. The molecule has 0 saturated carbocycles. The van der Waals surface area contributed by atoms with Crippen LogP contribution in [0.2, 0.25) is 0 Å². The lowest BCUT2D eigenvalue weighted by atomic mass is 9.99. The zero-order valence-corrected chi connectivity index (χ0v) is 21.5. The second-order valence-corrected chi connectivity index (χ2v) is 10.6. The normalized spacial score (nSPS) is 13.8. The minimum atomic E-state index is -3.17. The van der Waals surface area contributed by atoms with E-state index in [1.54, 1.807) is 36.7 Å². The molecule has 4 aromatic heterocycles. The van der Waals surface area contributed by atoms with Crippen molar-refractivity contribution in [1.82, 2.24) is 19.9 Å². The van der Waals surface area contributed by atoms with Gasteiger partial charge in [-0.3, -0.25) is 9.97 Å². The van der Waals surface area contributed by atoms with Crippen molar-refractivity contribution >= 4 is 43.6 Å². The third-order valence-electron chi connectivity index (χ3n) is 8.41. The lowest BCUT2D eigenvalue weighted by Gasteiger charge is -2.14. The molecule has 0 radical (unpaired) electrons. The molecule has 6 heteroatoms. The highest BCUT2D eigenvalue weighted by Gasteiger charge is 2.45. The first-order valence-electron chi connectivity index (χ1n) is 13.5. The van der Waals surface area contributed by atoms with Crippen LogP contribution in [0.25, 0.3) is 77.3 Å². The molecule has 2 N–H and O–H groups in total. The Hall–Kier alpha value is -5.36. The van der Waals surface area contributed by atoms with E-state index < -0.39 is 5.92 Å². The Labute approximate surface area is 232 Å². The first kappa shape index (κ1) is 22.5. The molecule has 0 bridgehead atoms. The van der Waals surface area contributed by atoms with Crippen molar-refractivity contribution in [2.24, 2.45) is 0 Å². The van der Waals surface area contributed by atoms with Gasteiger partial charge in [0, 0.05) is 67.2 Å². The van der Waals surface area contributed by atoms with Crippen LogP contribution >= 0.6 is 0 Å². The van der Waals surface area contributed by atoms with Crippen LogP contribution in [0.3, 0.4) is 0 Å². The van der Waals surface area contributed by atoms with E-state index in [1.165, 1.54) is 0 Å². The predicted molar refractivity (Wildman–Crippen MR) is 160 cm³/mol. The molecule has 0 atom stereocenters. The first-order valence-corrected chi connectivity index (χ1v) is 13.5. The van der Waals surface area contributed by atoms with Gasteiger partial charge in [0.15, 0.2) is 0 Å². The summed E-state index contributed by atoms with van der Waals surface area (Å²) < 4.78 is 32.5. The average molecular weight is 535 g/mol. The number of fused-ring (bicyclic) bond motifs is 9. The zero-order chi connectivity index (χ0) is 27.3. The summed E-state index contributed by atoms with van der Waals surface area (Å²) in [5, 5.41) is 4.20. The van der Waals surface area contributed by atoms with Gasteiger partial charge in [-0.25, -0.2) is 0 Å². The Morgan fingerprint density at radius 1 is 0.512 bits per heavy atom. The molecular weight excluding hydrogens is 514 g/mol. The van der Waals surface area contributed by atoms with Crippen LogP contribution in [0.15, 0.2) is 109 Å². The van der Waals surface area contributed by atoms with Gasteiger partial charge in [-0.1, -0.05) is 60.7 Å². The molecular formula is C35H20F2N4. The lowest BCUT2D eigenvalue weighted by Crippen LogP contribution is -2.11. The summed E-state index contributed by atoms with van der Waals surface area (Å²) >= 11 is 0. The van der Waals surface area contributed by atoms with E-state index in [9.17, 15) is 0 Å². The van der Waals surface area contributed by atoms with E-state index in [4.69, 9.17) is 0 Å². The van der Waals surface area contributed by atoms with Crippen LogP contribution in [0.5, 0.6) is 0 Å². The van der Waals surface area contributed by atoms with Gasteiger partial charge in [0.2, 0.25) is 0 Å². The zero-order valence-electron chi connectivity index (χ0n) is 21.5. The highest BCUT2D eigenvalue weighted by Crippen LogP contribution is 2.53. The number of halogens is 2. The number of rotatable bonds is 2. The topological polar surface area (TPSA) is 57.4 Å². The number of aromatic amines is 2. The number of para-hydroxylation sites is 2. The van der Waals surface area contributed by atoms with Crippen LogP contribution in [0.4, 0.5) is 8.78 Å². The number of nitrogens with one attached hydrogen (secondary N) is 2. The average Bonchev–Trinajstić information content (AvgIpc) is 3.65. The molecule has 0 unspecified atom stereocenters. The lowest BCUT2D eigenvalue weighted by molar-refractivity contribution is 0.0481. The number of hydrogen-bond acceptors (Lipinski definition) is 2. The predicted octanol–water partition coefficient (Wildman–Crippen LogP) is 9.20. The smallest absolute Gasteiger partial charge is 0.299 e. The van der Waals surface area contributed by atoms with Crippen LogP contribution < -0.4 is 0 Å². The van der Waals surface area contributed by atoms with Gasteiger partial charge < -0.3 is 9.97 Å². The van der Waals surface area contributed by atoms with Crippen molar-refractivity contribution in [2.45, 2.75) is 5.92 Å². The van der Waals surface area contributed by atoms with Gasteiger partial charge in [0.25, 0.3) is 5.92 Å². The van der Waals surface area contributed by atoms with E-state index >= 15 is 8.78 Å². The van der Waals surface area contributed by atoms with Gasteiger partial charge in [-0.15, -0.1) is 0 Å². The monoisotopic (exact) mass is 534 g/mol. The molecule has 4 aromatic carbocycles. The summed E-state index contributed by atoms with van der Waals surface area (Å²) in [5.74, 6) is -3.17. The molecule has 1 aliphatic rings. The SMILES string of the molecule is FC1(F)c2cc(-c3nccc4c3[nH]c3ccccc34)ccc2-c2ccc(-c3nccc4c3[nH]c3ccccc34)cc21. The summed E-state index contributed by atoms with van der Waals surface area (Å²) in [6.45, 7) is 0. The van der Waals surface area contributed by atoms with Crippen molar-refractivity contribution < 1.29 is 8.78 Å². The number of benzene rings is 4. The third kappa shape index (κ3) is 3.01. The molecule has 0 spiro atoms. The Morgan fingerprint density at radius 3 is 1.46 bits per heavy atom. The number of pyridine rings is 2. The van der Waals surface area contributed by atoms with Gasteiger partial charge in [0.05, 0.1) is 22.4 Å².